The molecule has 1 N–H and O–H groups in total. The van der Waals surface area contributed by atoms with Gasteiger partial charge in [-0.1, -0.05) is 99.1 Å². The zero-order valence-corrected chi connectivity index (χ0v) is 20.6. The summed E-state index contributed by atoms with van der Waals surface area (Å²) >= 11 is 0. The summed E-state index contributed by atoms with van der Waals surface area (Å²) in [5.41, 5.74) is 1.12. The summed E-state index contributed by atoms with van der Waals surface area (Å²) < 4.78 is 19.5. The molecule has 0 unspecified atom stereocenters. The average molecular weight is 455 g/mol. The van der Waals surface area contributed by atoms with E-state index in [1.54, 1.807) is 0 Å². The minimum Gasteiger partial charge on any atom is -0.405 e. The number of hydrogen-bond donors (Lipinski definition) is 1. The van der Waals surface area contributed by atoms with E-state index in [2.05, 4.69) is 45.0 Å². The maximum absolute atomic E-state index is 12.7. The molecule has 3 aromatic carbocycles. The van der Waals surface area contributed by atoms with E-state index in [0.29, 0.717) is 0 Å². The lowest BCUT2D eigenvalue weighted by Gasteiger charge is -2.43. The van der Waals surface area contributed by atoms with Gasteiger partial charge in [-0.3, -0.25) is 4.21 Å². The Hall–Kier alpha value is -2.05. The second-order valence-electron chi connectivity index (χ2n) is 8.95. The van der Waals surface area contributed by atoms with Crippen molar-refractivity contribution in [3.8, 4) is 0 Å². The minimum absolute atomic E-state index is 0.144. The van der Waals surface area contributed by atoms with Crippen molar-refractivity contribution in [3.05, 3.63) is 90.5 Å². The highest BCUT2D eigenvalue weighted by molar-refractivity contribution is 7.85. The Morgan fingerprint density at radius 1 is 0.871 bits per heavy atom. The van der Waals surface area contributed by atoms with E-state index in [-0.39, 0.29) is 17.4 Å². The summed E-state index contributed by atoms with van der Waals surface area (Å²) in [4.78, 5) is 0.732. The highest BCUT2D eigenvalue weighted by atomic mass is 32.2. The molecule has 0 saturated heterocycles. The third-order valence-corrected chi connectivity index (χ3v) is 12.0. The SMILES string of the molecule is Cc1ccc([S@@](=O)C[14C@H](O)CO[Si](c2ccccc2)(c2ccccc2)C(C)(C)C)cc1. The normalized spacial score (nSPS) is 14.2. The predicted octanol–water partition coefficient (Wildman–Crippen LogP) is 4.04. The standard InChI is InChI=1S/C26H32O3SSi/c1-21-15-17-23(18-16-21)30(28)20-22(27)19-29-31(26(2,3)4,24-11-7-5-8-12-24)25-13-9-6-10-14-25/h5-18,22,27H,19-20H2,1-4H3/t22-,30+/m1/s1/i22+2. The molecule has 0 bridgehead atoms. The van der Waals surface area contributed by atoms with Crippen molar-refractivity contribution in [2.45, 2.75) is 43.7 Å². The maximum Gasteiger partial charge on any atom is 0.261 e. The van der Waals surface area contributed by atoms with Gasteiger partial charge in [0.15, 0.2) is 0 Å². The molecule has 3 rings (SSSR count). The van der Waals surface area contributed by atoms with Crippen molar-refractivity contribution in [2.75, 3.05) is 12.4 Å². The average Bonchev–Trinajstić information content (AvgIpc) is 2.75. The fourth-order valence-corrected chi connectivity index (χ4v) is 9.67. The van der Waals surface area contributed by atoms with Crippen LogP contribution in [0.1, 0.15) is 26.3 Å². The third-order valence-electron chi connectivity index (χ3n) is 5.54. The van der Waals surface area contributed by atoms with Crippen molar-refractivity contribution < 1.29 is 13.7 Å². The number of aryl methyl sites for hydroxylation is 1. The van der Waals surface area contributed by atoms with Gasteiger partial charge in [0.05, 0.1) is 29.3 Å². The molecule has 2 atom stereocenters. The van der Waals surface area contributed by atoms with E-state index in [4.69, 9.17) is 4.43 Å². The molecule has 3 aromatic rings. The Bertz CT molecular complexity index is 943. The second kappa shape index (κ2) is 10.0. The van der Waals surface area contributed by atoms with Crippen molar-refractivity contribution >= 4 is 29.5 Å². The minimum atomic E-state index is -2.71. The van der Waals surface area contributed by atoms with Crippen molar-refractivity contribution in [3.63, 3.8) is 0 Å². The van der Waals surface area contributed by atoms with Crippen LogP contribution in [-0.2, 0) is 15.2 Å². The first-order valence-corrected chi connectivity index (χ1v) is 13.8. The number of rotatable bonds is 8. The van der Waals surface area contributed by atoms with E-state index in [9.17, 15) is 9.32 Å². The Morgan fingerprint density at radius 3 is 1.81 bits per heavy atom. The van der Waals surface area contributed by atoms with Gasteiger partial charge in [0.2, 0.25) is 0 Å². The molecule has 0 aliphatic heterocycles. The first-order valence-electron chi connectivity index (χ1n) is 10.6. The van der Waals surface area contributed by atoms with Crippen LogP contribution in [0, 0.1) is 6.92 Å². The van der Waals surface area contributed by atoms with E-state index in [0.717, 1.165) is 10.5 Å². The van der Waals surface area contributed by atoms with Crippen molar-refractivity contribution in [2.24, 2.45) is 0 Å². The molecule has 0 heterocycles. The molecular weight excluding hydrogens is 422 g/mol. The molecule has 0 aromatic heterocycles. The topological polar surface area (TPSA) is 46.5 Å². The van der Waals surface area contributed by atoms with Crippen LogP contribution < -0.4 is 10.4 Å². The van der Waals surface area contributed by atoms with Crippen LogP contribution in [0.15, 0.2) is 89.8 Å². The molecule has 0 aliphatic rings. The second-order valence-corrected chi connectivity index (χ2v) is 14.8. The molecule has 5 heteroatoms. The van der Waals surface area contributed by atoms with Crippen LogP contribution in [0.5, 0.6) is 0 Å². The molecule has 31 heavy (non-hydrogen) atoms. The van der Waals surface area contributed by atoms with E-state index in [1.807, 2.05) is 67.6 Å². The Kier molecular flexibility index (Phi) is 7.65. The monoisotopic (exact) mass is 454 g/mol. The van der Waals surface area contributed by atoms with Gasteiger partial charge in [-0.15, -0.1) is 0 Å². The van der Waals surface area contributed by atoms with Crippen LogP contribution in [0.4, 0.5) is 0 Å². The van der Waals surface area contributed by atoms with Gasteiger partial charge in [-0.25, -0.2) is 0 Å². The Labute approximate surface area is 189 Å². The molecule has 0 spiro atoms. The molecular formula is C26H32O3SSi. The van der Waals surface area contributed by atoms with Crippen LogP contribution in [0.2, 0.25) is 5.04 Å². The van der Waals surface area contributed by atoms with Crippen LogP contribution in [0.25, 0.3) is 0 Å². The quantitative estimate of drug-likeness (QED) is 0.523. The van der Waals surface area contributed by atoms with Gasteiger partial charge in [0.1, 0.15) is 0 Å². The lowest BCUT2D eigenvalue weighted by atomic mass is 10.2. The summed E-state index contributed by atoms with van der Waals surface area (Å²) in [6, 6.07) is 28.3. The summed E-state index contributed by atoms with van der Waals surface area (Å²) in [5, 5.41) is 12.9. The highest BCUT2D eigenvalue weighted by Gasteiger charge is 2.50. The van der Waals surface area contributed by atoms with Gasteiger partial charge in [-0.2, -0.15) is 0 Å². The largest absolute Gasteiger partial charge is 0.405 e. The number of benzene rings is 3. The Balaban J connectivity index is 1.87. The third kappa shape index (κ3) is 5.41. The molecule has 0 radical (unpaired) electrons. The van der Waals surface area contributed by atoms with Crippen molar-refractivity contribution in [1.82, 2.24) is 0 Å². The lowest BCUT2D eigenvalue weighted by molar-refractivity contribution is 0.120. The lowest BCUT2D eigenvalue weighted by Crippen LogP contribution is -2.67. The molecule has 164 valence electrons. The molecule has 0 fully saturated rings. The summed E-state index contributed by atoms with van der Waals surface area (Å²) in [6.45, 7) is 8.76. The van der Waals surface area contributed by atoms with Gasteiger partial charge < -0.3 is 9.53 Å². The molecule has 0 amide bonds. The molecule has 0 aliphatic carbocycles. The summed E-state index contributed by atoms with van der Waals surface area (Å²) in [7, 11) is -3.98. The van der Waals surface area contributed by atoms with Gasteiger partial charge in [-0.05, 0) is 34.5 Å². The smallest absolute Gasteiger partial charge is 0.261 e. The number of aliphatic hydroxyl groups is 1. The fraction of sp³-hybridized carbons (Fsp3) is 0.308. The van der Waals surface area contributed by atoms with E-state index >= 15 is 0 Å². The van der Waals surface area contributed by atoms with Crippen molar-refractivity contribution in [1.29, 1.82) is 0 Å². The summed E-state index contributed by atoms with van der Waals surface area (Å²) in [6.07, 6.45) is -0.816. The first kappa shape index (κ1) is 23.6. The number of aliphatic hydroxyl groups excluding tert-OH is 1. The van der Waals surface area contributed by atoms with E-state index in [1.165, 1.54) is 10.4 Å². The van der Waals surface area contributed by atoms with Gasteiger partial charge in [0.25, 0.3) is 8.32 Å². The van der Waals surface area contributed by atoms with E-state index < -0.39 is 25.2 Å². The maximum atomic E-state index is 12.7. The zero-order chi connectivity index (χ0) is 22.5. The van der Waals surface area contributed by atoms with Gasteiger partial charge >= 0.3 is 0 Å². The molecule has 0 saturated carbocycles. The Morgan fingerprint density at radius 2 is 1.35 bits per heavy atom. The van der Waals surface area contributed by atoms with Crippen LogP contribution in [-0.4, -0.2) is 36.1 Å². The summed E-state index contributed by atoms with van der Waals surface area (Å²) in [5.74, 6) is 0.154. The van der Waals surface area contributed by atoms with Crippen LogP contribution in [0.3, 0.4) is 0 Å². The highest BCUT2D eigenvalue weighted by Crippen LogP contribution is 2.36. The predicted molar refractivity (Wildman–Crippen MR) is 132 cm³/mol. The fourth-order valence-electron chi connectivity index (χ4n) is 3.99. The number of hydrogen-bond acceptors (Lipinski definition) is 3. The van der Waals surface area contributed by atoms with Gasteiger partial charge in [0, 0.05) is 4.90 Å². The zero-order valence-electron chi connectivity index (χ0n) is 18.7. The first-order chi connectivity index (χ1) is 14.7. The van der Waals surface area contributed by atoms with Crippen LogP contribution >= 0.6 is 0 Å². The molecule has 3 nitrogen and oxygen atoms in total.